The van der Waals surface area contributed by atoms with E-state index in [2.05, 4.69) is 64.0 Å². The van der Waals surface area contributed by atoms with Gasteiger partial charge in [-0.25, -0.2) is 0 Å². The van der Waals surface area contributed by atoms with Gasteiger partial charge in [-0.3, -0.25) is 9.80 Å². The molecule has 4 rings (SSSR count). The second kappa shape index (κ2) is 7.58. The highest BCUT2D eigenvalue weighted by molar-refractivity contribution is 7.07. The van der Waals surface area contributed by atoms with Gasteiger partial charge in [0, 0.05) is 32.2 Å². The number of piperidine rings is 1. The van der Waals surface area contributed by atoms with Gasteiger partial charge in [0.05, 0.1) is 12.2 Å². The highest BCUT2D eigenvalue weighted by atomic mass is 32.1. The molecule has 2 saturated heterocycles. The Hall–Kier alpha value is -1.20. The van der Waals surface area contributed by atoms with Gasteiger partial charge in [0.1, 0.15) is 0 Å². The molecule has 0 bridgehead atoms. The lowest BCUT2D eigenvalue weighted by atomic mass is 9.87. The van der Waals surface area contributed by atoms with Crippen LogP contribution in [0.15, 0.2) is 47.2 Å². The average Bonchev–Trinajstić information content (AvgIpc) is 3.29. The zero-order valence-corrected chi connectivity index (χ0v) is 15.9. The summed E-state index contributed by atoms with van der Waals surface area (Å²) in [6.45, 7) is 5.30. The van der Waals surface area contributed by atoms with Crippen LogP contribution in [0, 0.1) is 0 Å². The highest BCUT2D eigenvalue weighted by Crippen LogP contribution is 2.38. The number of rotatable bonds is 5. The number of likely N-dealkylation sites (N-methyl/N-ethyl adjacent to an activating group) is 1. The van der Waals surface area contributed by atoms with Gasteiger partial charge in [0.15, 0.2) is 0 Å². The van der Waals surface area contributed by atoms with Gasteiger partial charge in [0.2, 0.25) is 0 Å². The molecule has 2 aromatic rings. The normalized spacial score (nSPS) is 23.5. The van der Waals surface area contributed by atoms with Crippen LogP contribution < -0.4 is 0 Å². The Bertz CT molecular complexity index is 650. The lowest BCUT2D eigenvalue weighted by molar-refractivity contribution is -0.0452. The molecule has 0 amide bonds. The number of nitrogens with zero attached hydrogens (tertiary/aromatic N) is 2. The average molecular weight is 357 g/mol. The van der Waals surface area contributed by atoms with E-state index in [-0.39, 0.29) is 5.60 Å². The maximum Gasteiger partial charge on any atom is 0.0723 e. The van der Waals surface area contributed by atoms with Crippen molar-refractivity contribution in [3.05, 3.63) is 58.3 Å². The van der Waals surface area contributed by atoms with Crippen molar-refractivity contribution in [2.45, 2.75) is 44.0 Å². The lowest BCUT2D eigenvalue weighted by Crippen LogP contribution is -2.44. The molecule has 4 heteroatoms. The van der Waals surface area contributed by atoms with Gasteiger partial charge < -0.3 is 4.74 Å². The van der Waals surface area contributed by atoms with Crippen LogP contribution in [0.25, 0.3) is 0 Å². The summed E-state index contributed by atoms with van der Waals surface area (Å²) in [5, 5.41) is 4.44. The molecule has 3 heterocycles. The van der Waals surface area contributed by atoms with Crippen LogP contribution in [-0.4, -0.2) is 48.2 Å². The fourth-order valence-electron chi connectivity index (χ4n) is 4.21. The molecule has 1 aromatic carbocycles. The zero-order valence-electron chi connectivity index (χ0n) is 15.1. The zero-order chi connectivity index (χ0) is 17.1. The van der Waals surface area contributed by atoms with Gasteiger partial charge in [-0.15, -0.1) is 0 Å². The van der Waals surface area contributed by atoms with Gasteiger partial charge in [0.25, 0.3) is 0 Å². The third kappa shape index (κ3) is 4.14. The van der Waals surface area contributed by atoms with E-state index >= 15 is 0 Å². The summed E-state index contributed by atoms with van der Waals surface area (Å²) < 4.78 is 6.37. The van der Waals surface area contributed by atoms with Gasteiger partial charge >= 0.3 is 0 Å². The third-order valence-electron chi connectivity index (χ3n) is 5.84. The van der Waals surface area contributed by atoms with E-state index < -0.39 is 0 Å². The monoisotopic (exact) mass is 356 g/mol. The Morgan fingerprint density at radius 2 is 1.96 bits per heavy atom. The molecule has 1 spiro atoms. The highest BCUT2D eigenvalue weighted by Gasteiger charge is 2.43. The third-order valence-corrected chi connectivity index (χ3v) is 6.57. The molecular formula is C21H28N2OS. The summed E-state index contributed by atoms with van der Waals surface area (Å²) in [5.74, 6) is 0. The van der Waals surface area contributed by atoms with E-state index in [1.54, 1.807) is 11.3 Å². The molecule has 2 aliphatic heterocycles. The number of benzene rings is 1. The number of hydrogen-bond donors (Lipinski definition) is 0. The van der Waals surface area contributed by atoms with E-state index in [0.717, 1.165) is 32.8 Å². The van der Waals surface area contributed by atoms with Crippen molar-refractivity contribution >= 4 is 11.3 Å². The maximum atomic E-state index is 6.37. The standard InChI is InChI=1S/C21H28N2OS/c1-22(14-18-5-3-2-4-6-18)20-13-21(24-16-20)8-10-23(11-9-21)15-19-7-12-25-17-19/h2-7,12,17,20H,8-11,13-16H2,1H3. The van der Waals surface area contributed by atoms with Crippen LogP contribution in [0.3, 0.4) is 0 Å². The molecule has 3 nitrogen and oxygen atoms in total. The summed E-state index contributed by atoms with van der Waals surface area (Å²) in [7, 11) is 2.24. The molecule has 1 atom stereocenters. The molecule has 2 aliphatic rings. The van der Waals surface area contributed by atoms with Crippen LogP contribution in [-0.2, 0) is 17.8 Å². The summed E-state index contributed by atoms with van der Waals surface area (Å²) in [5.41, 5.74) is 2.96. The van der Waals surface area contributed by atoms with Crippen molar-refractivity contribution in [1.29, 1.82) is 0 Å². The minimum Gasteiger partial charge on any atom is -0.373 e. The van der Waals surface area contributed by atoms with Crippen LogP contribution in [0.4, 0.5) is 0 Å². The van der Waals surface area contributed by atoms with E-state index in [1.165, 1.54) is 30.4 Å². The summed E-state index contributed by atoms with van der Waals surface area (Å²) >= 11 is 1.79. The van der Waals surface area contributed by atoms with Crippen molar-refractivity contribution in [2.24, 2.45) is 0 Å². The molecule has 0 aliphatic carbocycles. The Morgan fingerprint density at radius 1 is 1.16 bits per heavy atom. The van der Waals surface area contributed by atoms with Crippen molar-refractivity contribution in [1.82, 2.24) is 9.80 Å². The summed E-state index contributed by atoms with van der Waals surface area (Å²) in [4.78, 5) is 5.06. The van der Waals surface area contributed by atoms with E-state index in [9.17, 15) is 0 Å². The minimum atomic E-state index is 0.126. The predicted octanol–water partition coefficient (Wildman–Crippen LogP) is 4.00. The fourth-order valence-corrected chi connectivity index (χ4v) is 4.87. The Morgan fingerprint density at radius 3 is 2.68 bits per heavy atom. The van der Waals surface area contributed by atoms with Gasteiger partial charge in [-0.1, -0.05) is 30.3 Å². The first-order valence-corrected chi connectivity index (χ1v) is 10.3. The first kappa shape index (κ1) is 17.2. The number of likely N-dealkylation sites (tertiary alicyclic amines) is 1. The molecular weight excluding hydrogens is 328 g/mol. The van der Waals surface area contributed by atoms with Crippen LogP contribution >= 0.6 is 11.3 Å². The summed E-state index contributed by atoms with van der Waals surface area (Å²) in [6, 6.07) is 13.5. The van der Waals surface area contributed by atoms with Gasteiger partial charge in [-0.05, 0) is 54.3 Å². The Labute approximate surface area is 155 Å². The van der Waals surface area contributed by atoms with Crippen LogP contribution in [0.5, 0.6) is 0 Å². The largest absolute Gasteiger partial charge is 0.373 e. The lowest BCUT2D eigenvalue weighted by Gasteiger charge is -2.39. The van der Waals surface area contributed by atoms with E-state index in [4.69, 9.17) is 4.74 Å². The van der Waals surface area contributed by atoms with Crippen molar-refractivity contribution < 1.29 is 4.74 Å². The fraction of sp³-hybridized carbons (Fsp3) is 0.524. The number of thiophene rings is 1. The second-order valence-electron chi connectivity index (χ2n) is 7.66. The first-order chi connectivity index (χ1) is 12.2. The Balaban J connectivity index is 1.28. The molecule has 1 unspecified atom stereocenters. The second-order valence-corrected chi connectivity index (χ2v) is 8.44. The van der Waals surface area contributed by atoms with Crippen LogP contribution in [0.1, 0.15) is 30.4 Å². The van der Waals surface area contributed by atoms with Crippen molar-refractivity contribution in [2.75, 3.05) is 26.7 Å². The molecule has 2 fully saturated rings. The quantitative estimate of drug-likeness (QED) is 0.805. The minimum absolute atomic E-state index is 0.126. The number of hydrogen-bond acceptors (Lipinski definition) is 4. The van der Waals surface area contributed by atoms with Crippen LogP contribution in [0.2, 0.25) is 0 Å². The molecule has 25 heavy (non-hydrogen) atoms. The topological polar surface area (TPSA) is 15.7 Å². The SMILES string of the molecule is CN(Cc1ccccc1)C1COC2(CCN(Cc3ccsc3)CC2)C1. The molecule has 134 valence electrons. The summed E-state index contributed by atoms with van der Waals surface area (Å²) in [6.07, 6.45) is 3.53. The molecule has 0 radical (unpaired) electrons. The van der Waals surface area contributed by atoms with Gasteiger partial charge in [-0.2, -0.15) is 11.3 Å². The molecule has 0 N–H and O–H groups in total. The smallest absolute Gasteiger partial charge is 0.0723 e. The first-order valence-electron chi connectivity index (χ1n) is 9.34. The maximum absolute atomic E-state index is 6.37. The van der Waals surface area contributed by atoms with Crippen molar-refractivity contribution in [3.8, 4) is 0 Å². The Kier molecular flexibility index (Phi) is 5.23. The number of ether oxygens (including phenoxy) is 1. The van der Waals surface area contributed by atoms with E-state index in [1.807, 2.05) is 0 Å². The molecule has 0 saturated carbocycles. The molecule has 1 aromatic heterocycles. The predicted molar refractivity (Wildman–Crippen MR) is 104 cm³/mol. The van der Waals surface area contributed by atoms with E-state index in [0.29, 0.717) is 6.04 Å². The van der Waals surface area contributed by atoms with Crippen molar-refractivity contribution in [3.63, 3.8) is 0 Å².